The molecular formula is C17H16BrClFN3O2. The Morgan fingerprint density at radius 1 is 1.40 bits per heavy atom. The second-order valence-corrected chi connectivity index (χ2v) is 7.88. The molecule has 0 aliphatic rings. The van der Waals surface area contributed by atoms with Crippen LogP contribution in [0.3, 0.4) is 0 Å². The number of carbonyl (C=O) groups excluding carboxylic acids is 1. The summed E-state index contributed by atoms with van der Waals surface area (Å²) in [5.74, 6) is -0.501. The number of pyridine rings is 1. The predicted octanol–water partition coefficient (Wildman–Crippen LogP) is 5.64. The van der Waals surface area contributed by atoms with Crippen molar-refractivity contribution in [2.24, 2.45) is 0 Å². The number of nitrogens with one attached hydrogen (secondary N) is 1. The molecule has 1 amide bonds. The molecule has 2 heterocycles. The van der Waals surface area contributed by atoms with Gasteiger partial charge in [-0.15, -0.1) is 0 Å². The average Bonchev–Trinajstić information content (AvgIpc) is 2.87. The second kappa shape index (κ2) is 6.14. The van der Waals surface area contributed by atoms with Crippen LogP contribution in [0.15, 0.2) is 22.8 Å². The number of rotatable bonds is 1. The summed E-state index contributed by atoms with van der Waals surface area (Å²) in [6.45, 7) is 5.31. The number of ether oxygens (including phenoxy) is 1. The highest BCUT2D eigenvalue weighted by atomic mass is 79.9. The molecule has 132 valence electrons. The fraction of sp³-hybridized carbons (Fsp3) is 0.294. The molecule has 0 saturated heterocycles. The van der Waals surface area contributed by atoms with Crippen LogP contribution >= 0.6 is 27.5 Å². The first-order chi connectivity index (χ1) is 11.6. The minimum absolute atomic E-state index is 0.277. The number of aromatic nitrogens is 2. The monoisotopic (exact) mass is 427 g/mol. The van der Waals surface area contributed by atoms with Crippen molar-refractivity contribution in [1.29, 1.82) is 0 Å². The summed E-state index contributed by atoms with van der Waals surface area (Å²) in [6, 6.07) is 2.97. The van der Waals surface area contributed by atoms with E-state index in [-0.39, 0.29) is 4.47 Å². The van der Waals surface area contributed by atoms with Crippen molar-refractivity contribution in [3.63, 3.8) is 0 Å². The molecule has 8 heteroatoms. The van der Waals surface area contributed by atoms with Crippen molar-refractivity contribution in [1.82, 2.24) is 9.97 Å². The van der Waals surface area contributed by atoms with E-state index in [1.807, 2.05) is 0 Å². The van der Waals surface area contributed by atoms with Gasteiger partial charge < -0.3 is 9.72 Å². The largest absolute Gasteiger partial charge is 0.443 e. The molecule has 3 aromatic rings. The first-order valence-corrected chi connectivity index (χ1v) is 8.67. The van der Waals surface area contributed by atoms with Crippen LogP contribution in [0, 0.1) is 5.82 Å². The SMILES string of the molecule is CN(C(=O)OC(C)(C)C)c1cc(F)c(Br)c2c1[nH]c1ncc(Cl)cc12. The number of fused-ring (bicyclic) bond motifs is 3. The van der Waals surface area contributed by atoms with E-state index < -0.39 is 17.5 Å². The standard InChI is InChI=1S/C17H16BrClFN3O2/c1-17(2,3)25-16(24)23(4)11-6-10(20)13(18)12-9-5-8(19)7-21-15(9)22-14(11)12/h5-7H,1-4H3,(H,21,22). The molecule has 0 atom stereocenters. The summed E-state index contributed by atoms with van der Waals surface area (Å²) in [7, 11) is 1.53. The van der Waals surface area contributed by atoms with Gasteiger partial charge in [0.2, 0.25) is 0 Å². The molecule has 0 unspecified atom stereocenters. The third-order valence-electron chi connectivity index (χ3n) is 3.59. The number of aromatic amines is 1. The molecule has 0 saturated carbocycles. The van der Waals surface area contributed by atoms with Gasteiger partial charge in [-0.2, -0.15) is 0 Å². The van der Waals surface area contributed by atoms with E-state index in [9.17, 15) is 9.18 Å². The van der Waals surface area contributed by atoms with E-state index in [1.165, 1.54) is 24.2 Å². The minimum Gasteiger partial charge on any atom is -0.443 e. The quantitative estimate of drug-likeness (QED) is 0.545. The van der Waals surface area contributed by atoms with Crippen molar-refractivity contribution in [3.05, 3.63) is 33.6 Å². The number of benzene rings is 1. The lowest BCUT2D eigenvalue weighted by Crippen LogP contribution is -2.34. The molecule has 0 bridgehead atoms. The Morgan fingerprint density at radius 3 is 2.72 bits per heavy atom. The molecule has 0 radical (unpaired) electrons. The maximum atomic E-state index is 14.5. The topological polar surface area (TPSA) is 58.2 Å². The zero-order chi connectivity index (χ0) is 18.5. The van der Waals surface area contributed by atoms with Crippen LogP contribution in [0.2, 0.25) is 5.02 Å². The molecule has 2 aromatic heterocycles. The lowest BCUT2D eigenvalue weighted by Gasteiger charge is -2.25. The van der Waals surface area contributed by atoms with Gasteiger partial charge in [0.05, 0.1) is 20.7 Å². The number of H-pyrrole nitrogens is 1. The normalized spacial score (nSPS) is 12.0. The number of anilines is 1. The smallest absolute Gasteiger partial charge is 0.414 e. The van der Waals surface area contributed by atoms with Gasteiger partial charge in [0, 0.05) is 30.1 Å². The molecule has 0 fully saturated rings. The first kappa shape index (κ1) is 17.9. The molecular weight excluding hydrogens is 413 g/mol. The lowest BCUT2D eigenvalue weighted by molar-refractivity contribution is 0.0589. The summed E-state index contributed by atoms with van der Waals surface area (Å²) < 4.78 is 20.1. The zero-order valence-electron chi connectivity index (χ0n) is 14.1. The van der Waals surface area contributed by atoms with Crippen molar-refractivity contribution in [2.45, 2.75) is 26.4 Å². The van der Waals surface area contributed by atoms with Gasteiger partial charge in [-0.05, 0) is 42.8 Å². The van der Waals surface area contributed by atoms with Gasteiger partial charge >= 0.3 is 6.09 Å². The molecule has 0 aliphatic carbocycles. The average molecular weight is 429 g/mol. The Kier molecular flexibility index (Phi) is 4.41. The van der Waals surface area contributed by atoms with Crippen LogP contribution in [0.1, 0.15) is 20.8 Å². The summed E-state index contributed by atoms with van der Waals surface area (Å²) in [4.78, 5) is 21.0. The summed E-state index contributed by atoms with van der Waals surface area (Å²) in [5.41, 5.74) is 0.795. The van der Waals surface area contributed by atoms with E-state index in [0.717, 1.165) is 0 Å². The summed E-state index contributed by atoms with van der Waals surface area (Å²) >= 11 is 9.30. The Morgan fingerprint density at radius 2 is 2.08 bits per heavy atom. The van der Waals surface area contributed by atoms with Gasteiger partial charge in [0.25, 0.3) is 0 Å². The molecule has 1 N–H and O–H groups in total. The fourth-order valence-electron chi connectivity index (χ4n) is 2.53. The zero-order valence-corrected chi connectivity index (χ0v) is 16.4. The van der Waals surface area contributed by atoms with E-state index in [4.69, 9.17) is 16.3 Å². The van der Waals surface area contributed by atoms with Crippen LogP contribution in [0.5, 0.6) is 0 Å². The number of hydrogen-bond acceptors (Lipinski definition) is 3. The summed E-state index contributed by atoms with van der Waals surface area (Å²) in [6.07, 6.45) is 0.918. The number of amides is 1. The number of halogens is 3. The first-order valence-electron chi connectivity index (χ1n) is 7.50. The van der Waals surface area contributed by atoms with Gasteiger partial charge in [0.15, 0.2) is 0 Å². The van der Waals surface area contributed by atoms with Gasteiger partial charge in [-0.3, -0.25) is 4.90 Å². The van der Waals surface area contributed by atoms with Gasteiger partial charge in [-0.25, -0.2) is 14.2 Å². The molecule has 3 rings (SSSR count). The van der Waals surface area contributed by atoms with Crippen LogP contribution in [-0.4, -0.2) is 28.7 Å². The minimum atomic E-state index is -0.659. The summed E-state index contributed by atoms with van der Waals surface area (Å²) in [5, 5.41) is 1.66. The van der Waals surface area contributed by atoms with Crippen molar-refractivity contribution in [2.75, 3.05) is 11.9 Å². The highest BCUT2D eigenvalue weighted by Gasteiger charge is 2.25. The van der Waals surface area contributed by atoms with E-state index in [2.05, 4.69) is 25.9 Å². The van der Waals surface area contributed by atoms with Crippen molar-refractivity contribution >= 4 is 61.2 Å². The van der Waals surface area contributed by atoms with Crippen LogP contribution in [0.25, 0.3) is 21.9 Å². The van der Waals surface area contributed by atoms with Crippen LogP contribution in [0.4, 0.5) is 14.9 Å². The highest BCUT2D eigenvalue weighted by molar-refractivity contribution is 9.10. The Labute approximate surface area is 157 Å². The third kappa shape index (κ3) is 3.30. The highest BCUT2D eigenvalue weighted by Crippen LogP contribution is 2.39. The van der Waals surface area contributed by atoms with Gasteiger partial charge in [-0.1, -0.05) is 11.6 Å². The van der Waals surface area contributed by atoms with E-state index >= 15 is 0 Å². The van der Waals surface area contributed by atoms with Crippen molar-refractivity contribution < 1.29 is 13.9 Å². The van der Waals surface area contributed by atoms with Crippen molar-refractivity contribution in [3.8, 4) is 0 Å². The number of carbonyl (C=O) groups is 1. The lowest BCUT2D eigenvalue weighted by atomic mass is 10.1. The maximum absolute atomic E-state index is 14.5. The predicted molar refractivity (Wildman–Crippen MR) is 101 cm³/mol. The van der Waals surface area contributed by atoms with Gasteiger partial charge in [0.1, 0.15) is 17.1 Å². The number of hydrogen-bond donors (Lipinski definition) is 1. The molecule has 0 spiro atoms. The third-order valence-corrected chi connectivity index (χ3v) is 4.58. The number of nitrogens with zero attached hydrogens (tertiary/aromatic N) is 2. The van der Waals surface area contributed by atoms with E-state index in [0.29, 0.717) is 32.6 Å². The molecule has 25 heavy (non-hydrogen) atoms. The van der Waals surface area contributed by atoms with Crippen LogP contribution in [-0.2, 0) is 4.74 Å². The fourth-order valence-corrected chi connectivity index (χ4v) is 3.22. The van der Waals surface area contributed by atoms with E-state index in [1.54, 1.807) is 26.8 Å². The second-order valence-electron chi connectivity index (χ2n) is 6.66. The molecule has 0 aliphatic heterocycles. The Hall–Kier alpha value is -1.86. The Bertz CT molecular complexity index is 997. The van der Waals surface area contributed by atoms with Crippen LogP contribution < -0.4 is 4.90 Å². The molecule has 1 aromatic carbocycles. The maximum Gasteiger partial charge on any atom is 0.414 e. The Balaban J connectivity index is 2.24. The molecule has 5 nitrogen and oxygen atoms in total.